The van der Waals surface area contributed by atoms with Crippen LogP contribution < -0.4 is 20.7 Å². The first-order valence-corrected chi connectivity index (χ1v) is 10.7. The van der Waals surface area contributed by atoms with Crippen LogP contribution in [0.25, 0.3) is 0 Å². The summed E-state index contributed by atoms with van der Waals surface area (Å²) in [7, 11) is 0. The molecule has 1 aliphatic rings. The number of anilines is 1. The molecular weight excluding hydrogens is 459 g/mol. The lowest BCUT2D eigenvalue weighted by Crippen LogP contribution is -2.46. The number of urea groups is 1. The van der Waals surface area contributed by atoms with Gasteiger partial charge in [-0.3, -0.25) is 4.79 Å². The van der Waals surface area contributed by atoms with E-state index in [4.69, 9.17) is 4.74 Å². The van der Waals surface area contributed by atoms with Gasteiger partial charge < -0.3 is 20.7 Å². The van der Waals surface area contributed by atoms with E-state index in [1.165, 1.54) is 25.1 Å². The summed E-state index contributed by atoms with van der Waals surface area (Å²) in [4.78, 5) is 25.3. The molecule has 0 saturated carbocycles. The number of carbonyl (C=O) groups is 2. The summed E-state index contributed by atoms with van der Waals surface area (Å²) in [5.74, 6) is -0.176. The summed E-state index contributed by atoms with van der Waals surface area (Å²) in [6, 6.07) is 19.7. The van der Waals surface area contributed by atoms with Gasteiger partial charge in [0.25, 0.3) is 5.91 Å². The number of amides is 3. The van der Waals surface area contributed by atoms with Crippen molar-refractivity contribution < 1.29 is 27.5 Å². The third kappa shape index (κ3) is 5.63. The predicted octanol–water partition coefficient (Wildman–Crippen LogP) is 5.55. The van der Waals surface area contributed by atoms with Crippen molar-refractivity contribution in [2.45, 2.75) is 25.7 Å². The molecule has 0 unspecified atom stereocenters. The second-order valence-electron chi connectivity index (χ2n) is 7.91. The molecule has 0 saturated heterocycles. The van der Waals surface area contributed by atoms with E-state index in [-0.39, 0.29) is 17.0 Å². The van der Waals surface area contributed by atoms with Crippen molar-refractivity contribution in [3.05, 3.63) is 107 Å². The third-order valence-corrected chi connectivity index (χ3v) is 5.46. The molecule has 6 nitrogen and oxygen atoms in total. The summed E-state index contributed by atoms with van der Waals surface area (Å²) < 4.78 is 45.9. The van der Waals surface area contributed by atoms with E-state index in [2.05, 4.69) is 16.0 Å². The first-order valence-electron chi connectivity index (χ1n) is 10.7. The van der Waals surface area contributed by atoms with Crippen LogP contribution >= 0.6 is 0 Å². The molecule has 1 atom stereocenters. The number of benzene rings is 3. The Morgan fingerprint density at radius 2 is 1.63 bits per heavy atom. The summed E-state index contributed by atoms with van der Waals surface area (Å²) >= 11 is 0. The minimum absolute atomic E-state index is 0.0968. The molecular formula is C26H22F3N3O3. The molecule has 35 heavy (non-hydrogen) atoms. The highest BCUT2D eigenvalue weighted by Gasteiger charge is 2.35. The van der Waals surface area contributed by atoms with Crippen LogP contribution in [0.1, 0.15) is 29.7 Å². The van der Waals surface area contributed by atoms with Crippen LogP contribution in [0.2, 0.25) is 0 Å². The van der Waals surface area contributed by atoms with E-state index in [0.717, 1.165) is 11.6 Å². The molecule has 3 N–H and O–H groups in total. The van der Waals surface area contributed by atoms with Crippen LogP contribution in [-0.2, 0) is 17.6 Å². The zero-order valence-electron chi connectivity index (χ0n) is 18.6. The van der Waals surface area contributed by atoms with Crippen LogP contribution in [0.3, 0.4) is 0 Å². The van der Waals surface area contributed by atoms with E-state index in [9.17, 15) is 22.8 Å². The van der Waals surface area contributed by atoms with Crippen LogP contribution in [0, 0.1) is 0 Å². The van der Waals surface area contributed by atoms with Gasteiger partial charge in [-0.15, -0.1) is 0 Å². The van der Waals surface area contributed by atoms with Crippen LogP contribution in [0.15, 0.2) is 90.1 Å². The van der Waals surface area contributed by atoms with Gasteiger partial charge in [0.05, 0.1) is 22.9 Å². The third-order valence-electron chi connectivity index (χ3n) is 5.46. The maximum absolute atomic E-state index is 13.4. The van der Waals surface area contributed by atoms with Gasteiger partial charge in [0, 0.05) is 5.70 Å². The minimum Gasteiger partial charge on any atom is -0.489 e. The van der Waals surface area contributed by atoms with Gasteiger partial charge >= 0.3 is 12.2 Å². The number of rotatable bonds is 6. The van der Waals surface area contributed by atoms with Gasteiger partial charge in [0.15, 0.2) is 0 Å². The normalized spacial score (nSPS) is 15.8. The van der Waals surface area contributed by atoms with Gasteiger partial charge in [-0.05, 0) is 42.3 Å². The van der Waals surface area contributed by atoms with Gasteiger partial charge in [-0.1, -0.05) is 54.6 Å². The molecule has 0 spiro atoms. The fourth-order valence-electron chi connectivity index (χ4n) is 3.77. The average Bonchev–Trinajstić information content (AvgIpc) is 2.83. The Labute approximate surface area is 199 Å². The van der Waals surface area contributed by atoms with Crippen molar-refractivity contribution in [1.29, 1.82) is 0 Å². The fourth-order valence-corrected chi connectivity index (χ4v) is 3.77. The highest BCUT2D eigenvalue weighted by Crippen LogP contribution is 2.36. The van der Waals surface area contributed by atoms with Crippen molar-refractivity contribution in [3.63, 3.8) is 0 Å². The molecule has 3 aromatic carbocycles. The molecule has 0 aliphatic carbocycles. The first-order chi connectivity index (χ1) is 16.7. The molecule has 180 valence electrons. The summed E-state index contributed by atoms with van der Waals surface area (Å²) in [6.45, 7) is 1.89. The molecule has 9 heteroatoms. The van der Waals surface area contributed by atoms with Crippen LogP contribution in [0.4, 0.5) is 23.7 Å². The molecule has 3 aromatic rings. The van der Waals surface area contributed by atoms with E-state index in [0.29, 0.717) is 17.9 Å². The standard InChI is InChI=1S/C26H22F3N3O3/c1-16-22(24(33)31-21-10-6-5-9-20(21)26(27,28)29)23(32-25(34)30-16)18-11-13-19(14-12-18)35-15-17-7-3-2-4-8-17/h2-14,23H,15H2,1H3,(H,31,33)(H2,30,32,34)/t23-/m0/s1. The zero-order chi connectivity index (χ0) is 25.0. The smallest absolute Gasteiger partial charge is 0.418 e. The molecule has 0 fully saturated rings. The summed E-state index contributed by atoms with van der Waals surface area (Å²) in [5, 5.41) is 7.53. The Hall–Kier alpha value is -4.27. The lowest BCUT2D eigenvalue weighted by Gasteiger charge is -2.29. The van der Waals surface area contributed by atoms with E-state index >= 15 is 0 Å². The lowest BCUT2D eigenvalue weighted by atomic mass is 9.94. The minimum atomic E-state index is -4.64. The number of para-hydroxylation sites is 1. The van der Waals surface area contributed by atoms with Crippen molar-refractivity contribution in [3.8, 4) is 5.75 Å². The van der Waals surface area contributed by atoms with E-state index < -0.39 is 29.7 Å². The monoisotopic (exact) mass is 481 g/mol. The SMILES string of the molecule is CC1=C(C(=O)Nc2ccccc2C(F)(F)F)[C@H](c2ccc(OCc3ccccc3)cc2)NC(=O)N1. The van der Waals surface area contributed by atoms with Crippen molar-refractivity contribution in [2.24, 2.45) is 0 Å². The van der Waals surface area contributed by atoms with Crippen LogP contribution in [-0.4, -0.2) is 11.9 Å². The molecule has 4 rings (SSSR count). The highest BCUT2D eigenvalue weighted by molar-refractivity contribution is 6.07. The number of halogens is 3. The fraction of sp³-hybridized carbons (Fsp3) is 0.154. The zero-order valence-corrected chi connectivity index (χ0v) is 18.6. The van der Waals surface area contributed by atoms with E-state index in [1.807, 2.05) is 30.3 Å². The predicted molar refractivity (Wildman–Crippen MR) is 124 cm³/mol. The second-order valence-corrected chi connectivity index (χ2v) is 7.91. The van der Waals surface area contributed by atoms with Gasteiger partial charge in [0.1, 0.15) is 12.4 Å². The molecule has 3 amide bonds. The molecule has 1 aliphatic heterocycles. The van der Waals surface area contributed by atoms with Gasteiger partial charge in [-0.2, -0.15) is 13.2 Å². The molecule has 1 heterocycles. The number of carbonyl (C=O) groups excluding carboxylic acids is 2. The molecule has 0 aromatic heterocycles. The summed E-state index contributed by atoms with van der Waals surface area (Å²) in [6.07, 6.45) is -4.64. The Morgan fingerprint density at radius 1 is 0.971 bits per heavy atom. The van der Waals surface area contributed by atoms with E-state index in [1.54, 1.807) is 24.3 Å². The Bertz CT molecular complexity index is 1260. The summed E-state index contributed by atoms with van der Waals surface area (Å²) in [5.41, 5.74) is 0.575. The second kappa shape index (κ2) is 9.92. The average molecular weight is 481 g/mol. The molecule has 0 radical (unpaired) electrons. The van der Waals surface area contributed by atoms with Crippen molar-refractivity contribution in [1.82, 2.24) is 10.6 Å². The Balaban J connectivity index is 1.56. The number of hydrogen-bond donors (Lipinski definition) is 3. The Morgan fingerprint density at radius 3 is 2.31 bits per heavy atom. The first kappa shape index (κ1) is 23.9. The van der Waals surface area contributed by atoms with Crippen LogP contribution in [0.5, 0.6) is 5.75 Å². The number of nitrogens with one attached hydrogen (secondary N) is 3. The number of alkyl halides is 3. The van der Waals surface area contributed by atoms with Crippen molar-refractivity contribution in [2.75, 3.05) is 5.32 Å². The molecule has 0 bridgehead atoms. The highest BCUT2D eigenvalue weighted by atomic mass is 19.4. The largest absolute Gasteiger partial charge is 0.489 e. The maximum atomic E-state index is 13.4. The van der Waals surface area contributed by atoms with Crippen molar-refractivity contribution >= 4 is 17.6 Å². The Kier molecular flexibility index (Phi) is 6.77. The van der Waals surface area contributed by atoms with Gasteiger partial charge in [0.2, 0.25) is 0 Å². The quantitative estimate of drug-likeness (QED) is 0.432. The number of hydrogen-bond acceptors (Lipinski definition) is 3. The van der Waals surface area contributed by atoms with Gasteiger partial charge in [-0.25, -0.2) is 4.79 Å². The maximum Gasteiger partial charge on any atom is 0.418 e. The number of ether oxygens (including phenoxy) is 1. The number of allylic oxidation sites excluding steroid dienone is 1. The topological polar surface area (TPSA) is 79.5 Å². The lowest BCUT2D eigenvalue weighted by molar-refractivity contribution is -0.137.